The summed E-state index contributed by atoms with van der Waals surface area (Å²) in [5, 5.41) is 0. The molecule has 3 aromatic carbocycles. The van der Waals surface area contributed by atoms with E-state index in [1.807, 2.05) is 84.9 Å². The van der Waals surface area contributed by atoms with Crippen molar-refractivity contribution in [2.75, 3.05) is 0 Å². The summed E-state index contributed by atoms with van der Waals surface area (Å²) in [5.41, 5.74) is 4.77. The SMILES string of the molecule is [2H]C([2H])([2H])c1nc2cc3c(cc2n1-c1cccc(-c2ccccn2)c1)n(-c1ccccn1)c(=O)n3-c1ccccc1. The molecule has 4 aromatic heterocycles. The first-order valence-electron chi connectivity index (χ1n) is 13.6. The van der Waals surface area contributed by atoms with Crippen LogP contribution in [0.1, 0.15) is 9.94 Å². The fourth-order valence-electron chi connectivity index (χ4n) is 4.90. The molecule has 7 nitrogen and oxygen atoms in total. The Hall–Kier alpha value is -5.30. The predicted octanol–water partition coefficient (Wildman–Crippen LogP) is 5.89. The molecular formula is C31H22N6O. The van der Waals surface area contributed by atoms with Gasteiger partial charge in [0, 0.05) is 27.8 Å². The van der Waals surface area contributed by atoms with E-state index < -0.39 is 6.85 Å². The molecule has 0 amide bonds. The van der Waals surface area contributed by atoms with Crippen LogP contribution in [0, 0.1) is 6.85 Å². The van der Waals surface area contributed by atoms with Crippen LogP contribution >= 0.6 is 0 Å². The summed E-state index contributed by atoms with van der Waals surface area (Å²) in [6, 6.07) is 31.4. The van der Waals surface area contributed by atoms with Gasteiger partial charge in [0.05, 0.1) is 33.4 Å². The lowest BCUT2D eigenvalue weighted by Gasteiger charge is -2.10. The smallest absolute Gasteiger partial charge is 0.296 e. The Morgan fingerprint density at radius 1 is 0.658 bits per heavy atom. The molecular weight excluding hydrogens is 472 g/mol. The molecule has 0 aliphatic rings. The summed E-state index contributed by atoms with van der Waals surface area (Å²) in [7, 11) is 0. The highest BCUT2D eigenvalue weighted by molar-refractivity contribution is 5.94. The molecule has 182 valence electrons. The second-order valence-electron chi connectivity index (χ2n) is 8.84. The number of aryl methyl sites for hydroxylation is 1. The highest BCUT2D eigenvalue weighted by atomic mass is 16.1. The lowest BCUT2D eigenvalue weighted by molar-refractivity contribution is 0.905. The maximum absolute atomic E-state index is 13.9. The lowest BCUT2D eigenvalue weighted by Crippen LogP contribution is -2.22. The Kier molecular flexibility index (Phi) is 4.31. The Labute approximate surface area is 222 Å². The van der Waals surface area contributed by atoms with Crippen molar-refractivity contribution in [3.8, 4) is 28.5 Å². The Bertz CT molecular complexity index is 2100. The third-order valence-electron chi connectivity index (χ3n) is 6.57. The summed E-state index contributed by atoms with van der Waals surface area (Å²) in [4.78, 5) is 27.4. The minimum atomic E-state index is -2.50. The Morgan fingerprint density at radius 3 is 2.18 bits per heavy atom. The van der Waals surface area contributed by atoms with E-state index in [1.54, 1.807) is 44.3 Å². The molecule has 7 aromatic rings. The largest absolute Gasteiger partial charge is 0.339 e. The van der Waals surface area contributed by atoms with E-state index in [0.29, 0.717) is 39.3 Å². The number of para-hydroxylation sites is 1. The van der Waals surface area contributed by atoms with E-state index in [-0.39, 0.29) is 11.5 Å². The number of hydrogen-bond donors (Lipinski definition) is 0. The fraction of sp³-hybridized carbons (Fsp3) is 0.0323. The zero-order valence-corrected chi connectivity index (χ0v) is 20.1. The van der Waals surface area contributed by atoms with Gasteiger partial charge >= 0.3 is 5.69 Å². The Morgan fingerprint density at radius 2 is 1.42 bits per heavy atom. The van der Waals surface area contributed by atoms with Gasteiger partial charge in [-0.25, -0.2) is 19.3 Å². The third-order valence-corrected chi connectivity index (χ3v) is 6.57. The van der Waals surface area contributed by atoms with Crippen LogP contribution in [0.5, 0.6) is 0 Å². The van der Waals surface area contributed by atoms with Gasteiger partial charge in [-0.15, -0.1) is 0 Å². The van der Waals surface area contributed by atoms with Gasteiger partial charge in [-0.3, -0.25) is 14.1 Å². The van der Waals surface area contributed by atoms with Crippen molar-refractivity contribution < 1.29 is 4.11 Å². The van der Waals surface area contributed by atoms with Crippen LogP contribution in [0.2, 0.25) is 0 Å². The number of nitrogens with zero attached hydrogens (tertiary/aromatic N) is 6. The first kappa shape index (κ1) is 18.9. The highest BCUT2D eigenvalue weighted by Gasteiger charge is 2.20. The lowest BCUT2D eigenvalue weighted by atomic mass is 10.1. The molecule has 0 aliphatic heterocycles. The van der Waals surface area contributed by atoms with Crippen molar-refractivity contribution in [3.63, 3.8) is 0 Å². The van der Waals surface area contributed by atoms with Crippen molar-refractivity contribution in [1.29, 1.82) is 0 Å². The zero-order chi connectivity index (χ0) is 28.1. The molecule has 0 atom stereocenters. The van der Waals surface area contributed by atoms with E-state index in [2.05, 4.69) is 15.0 Å². The quantitative estimate of drug-likeness (QED) is 0.304. The van der Waals surface area contributed by atoms with E-state index in [9.17, 15) is 4.79 Å². The molecule has 0 radical (unpaired) electrons. The summed E-state index contributed by atoms with van der Waals surface area (Å²) >= 11 is 0. The van der Waals surface area contributed by atoms with Gasteiger partial charge in [0.15, 0.2) is 0 Å². The third kappa shape index (κ3) is 3.44. The summed E-state index contributed by atoms with van der Waals surface area (Å²) in [6.07, 6.45) is 3.35. The number of benzene rings is 3. The topological polar surface area (TPSA) is 70.5 Å². The van der Waals surface area contributed by atoms with Gasteiger partial charge in [0.1, 0.15) is 11.6 Å². The molecule has 7 heteroatoms. The maximum Gasteiger partial charge on any atom is 0.339 e. The van der Waals surface area contributed by atoms with Crippen LogP contribution in [-0.4, -0.2) is 28.7 Å². The average molecular weight is 498 g/mol. The monoisotopic (exact) mass is 497 g/mol. The number of hydrogen-bond acceptors (Lipinski definition) is 4. The minimum absolute atomic E-state index is 0.0729. The molecule has 0 saturated heterocycles. The van der Waals surface area contributed by atoms with Crippen LogP contribution in [0.25, 0.3) is 50.5 Å². The number of imidazole rings is 2. The van der Waals surface area contributed by atoms with Crippen LogP contribution in [-0.2, 0) is 0 Å². The fourth-order valence-corrected chi connectivity index (χ4v) is 4.90. The minimum Gasteiger partial charge on any atom is -0.296 e. The molecule has 0 fully saturated rings. The molecule has 4 heterocycles. The van der Waals surface area contributed by atoms with Crippen LogP contribution in [0.15, 0.2) is 120 Å². The molecule has 0 spiro atoms. The van der Waals surface area contributed by atoms with Crippen molar-refractivity contribution >= 4 is 22.1 Å². The van der Waals surface area contributed by atoms with Crippen LogP contribution in [0.4, 0.5) is 0 Å². The van der Waals surface area contributed by atoms with Crippen molar-refractivity contribution in [2.45, 2.75) is 6.85 Å². The number of rotatable bonds is 4. The number of pyridine rings is 2. The molecule has 0 unspecified atom stereocenters. The Balaban J connectivity index is 1.57. The van der Waals surface area contributed by atoms with Gasteiger partial charge < -0.3 is 0 Å². The highest BCUT2D eigenvalue weighted by Crippen LogP contribution is 2.30. The number of aromatic nitrogens is 6. The molecule has 0 saturated carbocycles. The van der Waals surface area contributed by atoms with E-state index in [0.717, 1.165) is 11.3 Å². The predicted molar refractivity (Wildman–Crippen MR) is 149 cm³/mol. The summed E-state index contributed by atoms with van der Waals surface area (Å²) < 4.78 is 29.7. The summed E-state index contributed by atoms with van der Waals surface area (Å²) in [5.74, 6) is 0.382. The maximum atomic E-state index is 13.9. The van der Waals surface area contributed by atoms with Crippen molar-refractivity contribution in [2.24, 2.45) is 0 Å². The van der Waals surface area contributed by atoms with E-state index >= 15 is 0 Å². The van der Waals surface area contributed by atoms with Crippen molar-refractivity contribution in [3.05, 3.63) is 132 Å². The van der Waals surface area contributed by atoms with Crippen molar-refractivity contribution in [1.82, 2.24) is 28.7 Å². The standard InChI is InChI=1S/C31H22N6O/c1-21-34-26-19-28-29(20-27(26)35(21)24-13-9-10-22(18-24)25-14-5-7-16-32-25)37(30-15-6-8-17-33-30)31(38)36(28)23-11-3-2-4-12-23/h2-20H,1H3/i1D3. The average Bonchev–Trinajstić information content (AvgIpc) is 3.51. The van der Waals surface area contributed by atoms with Gasteiger partial charge in [0.25, 0.3) is 0 Å². The molecule has 38 heavy (non-hydrogen) atoms. The van der Waals surface area contributed by atoms with Gasteiger partial charge in [0.2, 0.25) is 0 Å². The second kappa shape index (κ2) is 8.67. The van der Waals surface area contributed by atoms with Gasteiger partial charge in [-0.05, 0) is 67.5 Å². The van der Waals surface area contributed by atoms with Crippen LogP contribution in [0.3, 0.4) is 0 Å². The van der Waals surface area contributed by atoms with Crippen LogP contribution < -0.4 is 5.69 Å². The first-order valence-corrected chi connectivity index (χ1v) is 12.1. The first-order chi connectivity index (χ1) is 19.9. The number of fused-ring (bicyclic) bond motifs is 2. The van der Waals surface area contributed by atoms with Gasteiger partial charge in [-0.1, -0.05) is 42.5 Å². The molecule has 7 rings (SSSR count). The normalized spacial score (nSPS) is 12.9. The molecule has 0 aliphatic carbocycles. The van der Waals surface area contributed by atoms with E-state index in [4.69, 9.17) is 4.11 Å². The zero-order valence-electron chi connectivity index (χ0n) is 23.1. The van der Waals surface area contributed by atoms with E-state index in [1.165, 1.54) is 0 Å². The van der Waals surface area contributed by atoms with Gasteiger partial charge in [-0.2, -0.15) is 0 Å². The molecule has 0 N–H and O–H groups in total. The summed E-state index contributed by atoms with van der Waals surface area (Å²) in [6.45, 7) is -2.50. The molecule has 0 bridgehead atoms. The second-order valence-corrected chi connectivity index (χ2v) is 8.84.